The van der Waals surface area contributed by atoms with Crippen molar-refractivity contribution in [1.29, 1.82) is 0 Å². The van der Waals surface area contributed by atoms with Crippen LogP contribution in [0.4, 0.5) is 0 Å². The largest absolute Gasteiger partial charge is 0.297 e. The van der Waals surface area contributed by atoms with Crippen molar-refractivity contribution >= 4 is 0 Å². The molecule has 13 heavy (non-hydrogen) atoms. The summed E-state index contributed by atoms with van der Waals surface area (Å²) >= 11 is 0. The highest BCUT2D eigenvalue weighted by Crippen LogP contribution is 2.30. The van der Waals surface area contributed by atoms with E-state index in [1.165, 1.54) is 43.6 Å². The monoisotopic (exact) mass is 178 g/mol. The van der Waals surface area contributed by atoms with Crippen LogP contribution in [0, 0.1) is 5.92 Å². The molecule has 2 heterocycles. The summed E-state index contributed by atoms with van der Waals surface area (Å²) in [5.74, 6) is 1.01. The van der Waals surface area contributed by atoms with Crippen LogP contribution in [0.1, 0.15) is 24.1 Å². The molecule has 0 amide bonds. The quantitative estimate of drug-likeness (QED) is 0.706. The van der Waals surface area contributed by atoms with Crippen LogP contribution >= 0.6 is 0 Å². The molecule has 1 aromatic rings. The van der Waals surface area contributed by atoms with Crippen LogP contribution in [0.15, 0.2) is 6.20 Å². The van der Waals surface area contributed by atoms with E-state index >= 15 is 0 Å². The first-order valence-electron chi connectivity index (χ1n) is 5.21. The topological polar surface area (TPSA) is 33.2 Å². The van der Waals surface area contributed by atoms with E-state index in [4.69, 9.17) is 0 Å². The van der Waals surface area contributed by atoms with Crippen molar-refractivity contribution < 1.29 is 5.10 Å². The summed E-state index contributed by atoms with van der Waals surface area (Å²) in [6.45, 7) is 3.68. The second kappa shape index (κ2) is 2.84. The first kappa shape index (κ1) is 7.56. The van der Waals surface area contributed by atoms with Crippen molar-refractivity contribution in [1.82, 2.24) is 10.00 Å². The maximum absolute atomic E-state index is 3.21. The van der Waals surface area contributed by atoms with E-state index in [-0.39, 0.29) is 0 Å². The third kappa shape index (κ3) is 1.48. The Balaban J connectivity index is 1.69. The summed E-state index contributed by atoms with van der Waals surface area (Å²) in [4.78, 5) is 2.57. The summed E-state index contributed by atoms with van der Waals surface area (Å²) in [5.41, 5.74) is 2.87. The van der Waals surface area contributed by atoms with Gasteiger partial charge in [0, 0.05) is 25.2 Å². The average molecular weight is 178 g/mol. The Bertz CT molecular complexity index is 301. The number of hydrogen-bond donors (Lipinski definition) is 1. The van der Waals surface area contributed by atoms with E-state index in [9.17, 15) is 0 Å². The van der Waals surface area contributed by atoms with E-state index in [0.717, 1.165) is 12.5 Å². The predicted molar refractivity (Wildman–Crippen MR) is 49.1 cm³/mol. The van der Waals surface area contributed by atoms with Crippen molar-refractivity contribution in [3.8, 4) is 0 Å². The van der Waals surface area contributed by atoms with Gasteiger partial charge in [-0.3, -0.25) is 4.90 Å². The third-order valence-corrected chi connectivity index (χ3v) is 3.15. The van der Waals surface area contributed by atoms with Crippen molar-refractivity contribution in [3.63, 3.8) is 0 Å². The number of rotatable bonds is 2. The van der Waals surface area contributed by atoms with Gasteiger partial charge in [0.25, 0.3) is 0 Å². The van der Waals surface area contributed by atoms with Gasteiger partial charge in [0.1, 0.15) is 0 Å². The molecule has 3 rings (SSSR count). The second-order valence-corrected chi connectivity index (χ2v) is 4.35. The van der Waals surface area contributed by atoms with Crippen LogP contribution in [-0.2, 0) is 13.0 Å². The van der Waals surface area contributed by atoms with Gasteiger partial charge in [-0.2, -0.15) is 5.10 Å². The van der Waals surface area contributed by atoms with E-state index in [1.807, 2.05) is 0 Å². The molecule has 70 valence electrons. The lowest BCUT2D eigenvalue weighted by molar-refractivity contribution is -0.450. The molecule has 1 fully saturated rings. The number of hydrogen-bond acceptors (Lipinski definition) is 1. The van der Waals surface area contributed by atoms with Crippen LogP contribution in [0.3, 0.4) is 0 Å². The van der Waals surface area contributed by atoms with Gasteiger partial charge in [-0.25, -0.2) is 0 Å². The standard InChI is InChI=1S/C10H15N3/c1-2-8(1)6-13-4-3-9-5-11-12-10(9)7-13/h5,8H,1-4,6-7H2,(H,11,12)/p+1. The molecule has 1 aromatic heterocycles. The number of H-pyrrole nitrogens is 2. The Hall–Kier alpha value is -0.830. The van der Waals surface area contributed by atoms with E-state index < -0.39 is 0 Å². The first-order valence-corrected chi connectivity index (χ1v) is 5.21. The highest BCUT2D eigenvalue weighted by molar-refractivity contribution is 5.16. The summed E-state index contributed by atoms with van der Waals surface area (Å²) in [6, 6.07) is 0. The maximum Gasteiger partial charge on any atom is 0.196 e. The van der Waals surface area contributed by atoms with Gasteiger partial charge < -0.3 is 0 Å². The molecule has 3 heteroatoms. The molecular weight excluding hydrogens is 162 g/mol. The zero-order chi connectivity index (χ0) is 8.67. The normalized spacial score (nSPS) is 23.1. The fourth-order valence-electron chi connectivity index (χ4n) is 2.14. The summed E-state index contributed by atoms with van der Waals surface area (Å²) < 4.78 is 0. The van der Waals surface area contributed by atoms with Crippen molar-refractivity contribution in [3.05, 3.63) is 17.5 Å². The minimum atomic E-state index is 1.01. The second-order valence-electron chi connectivity index (χ2n) is 4.35. The Kier molecular flexibility index (Phi) is 1.65. The Morgan fingerprint density at radius 1 is 1.54 bits per heavy atom. The van der Waals surface area contributed by atoms with Gasteiger partial charge in [-0.1, -0.05) is 0 Å². The van der Waals surface area contributed by atoms with Crippen LogP contribution in [0.25, 0.3) is 0 Å². The van der Waals surface area contributed by atoms with Crippen LogP contribution in [-0.4, -0.2) is 23.1 Å². The number of aromatic nitrogens is 2. The van der Waals surface area contributed by atoms with Crippen LogP contribution in [0.5, 0.6) is 0 Å². The van der Waals surface area contributed by atoms with Crippen LogP contribution in [0.2, 0.25) is 0 Å². The molecule has 1 aliphatic heterocycles. The zero-order valence-electron chi connectivity index (χ0n) is 7.84. The minimum Gasteiger partial charge on any atom is -0.297 e. The smallest absolute Gasteiger partial charge is 0.196 e. The van der Waals surface area contributed by atoms with Crippen molar-refractivity contribution in [2.75, 3.05) is 13.1 Å². The molecule has 2 aliphatic rings. The number of fused-ring (bicyclic) bond motifs is 1. The molecule has 3 nitrogen and oxygen atoms in total. The molecule has 1 aliphatic carbocycles. The molecule has 0 unspecified atom stereocenters. The van der Waals surface area contributed by atoms with Crippen LogP contribution < -0.4 is 5.10 Å². The van der Waals surface area contributed by atoms with Crippen molar-refractivity contribution in [2.24, 2.45) is 5.92 Å². The summed E-state index contributed by atoms with van der Waals surface area (Å²) in [6.07, 6.45) is 6.23. The van der Waals surface area contributed by atoms with E-state index in [1.54, 1.807) is 0 Å². The Morgan fingerprint density at radius 3 is 3.31 bits per heavy atom. The molecule has 0 spiro atoms. The average Bonchev–Trinajstić information content (AvgIpc) is 2.83. The molecule has 0 saturated heterocycles. The number of nitrogens with zero attached hydrogens (tertiary/aromatic N) is 1. The van der Waals surface area contributed by atoms with Gasteiger partial charge in [0.05, 0.1) is 5.69 Å². The van der Waals surface area contributed by atoms with Gasteiger partial charge in [0.15, 0.2) is 6.20 Å². The molecule has 2 N–H and O–H groups in total. The van der Waals surface area contributed by atoms with Gasteiger partial charge in [-0.15, -0.1) is 5.10 Å². The number of nitrogens with one attached hydrogen (secondary N) is 2. The SMILES string of the molecule is c1[nH+][nH]c2c1CCN(CC1CC1)C2. The lowest BCUT2D eigenvalue weighted by atomic mass is 10.1. The lowest BCUT2D eigenvalue weighted by Gasteiger charge is -2.24. The summed E-state index contributed by atoms with van der Waals surface area (Å²) in [7, 11) is 0. The number of aromatic amines is 2. The Morgan fingerprint density at radius 2 is 2.46 bits per heavy atom. The predicted octanol–water partition coefficient (Wildman–Crippen LogP) is 0.597. The lowest BCUT2D eigenvalue weighted by Crippen LogP contribution is -2.32. The van der Waals surface area contributed by atoms with Gasteiger partial charge in [-0.05, 0) is 25.2 Å². The molecule has 0 atom stereocenters. The zero-order valence-corrected chi connectivity index (χ0v) is 7.84. The molecule has 1 saturated carbocycles. The van der Waals surface area contributed by atoms with Crippen molar-refractivity contribution in [2.45, 2.75) is 25.8 Å². The highest BCUT2D eigenvalue weighted by atomic mass is 15.2. The van der Waals surface area contributed by atoms with E-state index in [2.05, 4.69) is 21.3 Å². The fourth-order valence-corrected chi connectivity index (χ4v) is 2.14. The summed E-state index contributed by atoms with van der Waals surface area (Å²) in [5, 5.41) is 6.29. The molecule has 0 aromatic carbocycles. The molecular formula is C10H16N3+. The maximum atomic E-state index is 3.21. The molecule has 0 radical (unpaired) electrons. The first-order chi connectivity index (χ1) is 6.42. The molecule has 0 bridgehead atoms. The van der Waals surface area contributed by atoms with Gasteiger partial charge >= 0.3 is 0 Å². The Labute approximate surface area is 78.1 Å². The third-order valence-electron chi connectivity index (χ3n) is 3.15. The van der Waals surface area contributed by atoms with Gasteiger partial charge in [0.2, 0.25) is 0 Å². The van der Waals surface area contributed by atoms with E-state index in [0.29, 0.717) is 0 Å². The highest BCUT2D eigenvalue weighted by Gasteiger charge is 2.27. The minimum absolute atomic E-state index is 1.01. The fraction of sp³-hybridized carbons (Fsp3) is 0.700.